The number of nitrogens with zero attached hydrogens (tertiary/aromatic N) is 2. The molecule has 0 saturated carbocycles. The lowest BCUT2D eigenvalue weighted by atomic mass is 10.1. The van der Waals surface area contributed by atoms with Crippen molar-refractivity contribution >= 4 is 5.69 Å². The number of hydrogen-bond acceptors (Lipinski definition) is 3. The van der Waals surface area contributed by atoms with Crippen molar-refractivity contribution in [3.8, 4) is 5.75 Å². The Hall–Kier alpha value is -2.03. The second-order valence-electron chi connectivity index (χ2n) is 5.18. The largest absolute Gasteiger partial charge is 0.379 e. The number of aromatic nitrogens is 1. The third-order valence-electron chi connectivity index (χ3n) is 3.54. The van der Waals surface area contributed by atoms with Crippen LogP contribution in [0.5, 0.6) is 5.75 Å². The second-order valence-corrected chi connectivity index (χ2v) is 5.18. The van der Waals surface area contributed by atoms with Crippen LogP contribution < -0.4 is 9.90 Å². The van der Waals surface area contributed by atoms with Crippen LogP contribution in [0.25, 0.3) is 0 Å². The fourth-order valence-corrected chi connectivity index (χ4v) is 2.71. The van der Waals surface area contributed by atoms with Gasteiger partial charge in [-0.1, -0.05) is 17.7 Å². The number of hydrogen-bond donors (Lipinski definition) is 0. The average molecular weight is 254 g/mol. The van der Waals surface area contributed by atoms with E-state index in [0.29, 0.717) is 0 Å². The Morgan fingerprint density at radius 1 is 1.16 bits per heavy atom. The molecule has 0 spiro atoms. The molecular weight excluding hydrogens is 236 g/mol. The van der Waals surface area contributed by atoms with Crippen LogP contribution in [0.3, 0.4) is 0 Å². The van der Waals surface area contributed by atoms with Gasteiger partial charge in [-0.2, -0.15) is 0 Å². The Bertz CT molecular complexity index is 599. The predicted molar refractivity (Wildman–Crippen MR) is 76.6 cm³/mol. The molecule has 0 aliphatic carbocycles. The van der Waals surface area contributed by atoms with E-state index in [0.717, 1.165) is 24.4 Å². The molecule has 3 rings (SSSR count). The van der Waals surface area contributed by atoms with Gasteiger partial charge in [-0.05, 0) is 49.9 Å². The number of aryl methyl sites for hydroxylation is 3. The van der Waals surface area contributed by atoms with Gasteiger partial charge in [0.2, 0.25) is 0 Å². The highest BCUT2D eigenvalue weighted by molar-refractivity contribution is 5.56. The van der Waals surface area contributed by atoms with E-state index in [1.54, 1.807) is 0 Å². The van der Waals surface area contributed by atoms with E-state index in [1.807, 2.05) is 23.5 Å². The molecule has 0 unspecified atom stereocenters. The first-order valence-electron chi connectivity index (χ1n) is 6.61. The summed E-state index contributed by atoms with van der Waals surface area (Å²) in [4.78, 5) is 10.3. The summed E-state index contributed by atoms with van der Waals surface area (Å²) in [5.41, 5.74) is 6.02. The molecule has 2 aromatic rings. The van der Waals surface area contributed by atoms with E-state index in [1.165, 1.54) is 22.3 Å². The number of rotatable bonds is 2. The molecule has 98 valence electrons. The normalized spacial score (nSPS) is 13.5. The number of hydroxylamine groups is 1. The van der Waals surface area contributed by atoms with E-state index in [2.05, 4.69) is 37.9 Å². The second kappa shape index (κ2) is 4.57. The molecule has 1 aromatic carbocycles. The standard InChI is InChI=1S/C16H18N2O/c1-11-8-12(2)16(13(3)9-11)19-18-7-5-14-10-17-6-4-15(14)18/h4,6,8-10H,5,7H2,1-3H3. The fraction of sp³-hybridized carbons (Fsp3) is 0.312. The minimum absolute atomic E-state index is 0.883. The van der Waals surface area contributed by atoms with Crippen molar-refractivity contribution in [2.24, 2.45) is 0 Å². The minimum atomic E-state index is 0.883. The fourth-order valence-electron chi connectivity index (χ4n) is 2.71. The molecule has 3 nitrogen and oxygen atoms in total. The molecule has 1 aliphatic heterocycles. The summed E-state index contributed by atoms with van der Waals surface area (Å²) < 4.78 is 0. The van der Waals surface area contributed by atoms with Crippen LogP contribution in [0.15, 0.2) is 30.6 Å². The maximum absolute atomic E-state index is 6.12. The van der Waals surface area contributed by atoms with Gasteiger partial charge in [0.1, 0.15) is 0 Å². The zero-order valence-electron chi connectivity index (χ0n) is 11.6. The molecule has 19 heavy (non-hydrogen) atoms. The van der Waals surface area contributed by atoms with Gasteiger partial charge in [-0.3, -0.25) is 4.98 Å². The van der Waals surface area contributed by atoms with Crippen molar-refractivity contribution in [1.82, 2.24) is 4.98 Å². The number of fused-ring (bicyclic) bond motifs is 1. The zero-order chi connectivity index (χ0) is 13.4. The van der Waals surface area contributed by atoms with Crippen molar-refractivity contribution < 1.29 is 4.84 Å². The molecule has 0 atom stereocenters. The molecule has 1 aliphatic rings. The van der Waals surface area contributed by atoms with E-state index in [-0.39, 0.29) is 0 Å². The first-order chi connectivity index (χ1) is 9.15. The number of anilines is 1. The number of pyridine rings is 1. The van der Waals surface area contributed by atoms with Crippen molar-refractivity contribution in [1.29, 1.82) is 0 Å². The molecule has 0 amide bonds. The lowest BCUT2D eigenvalue weighted by Gasteiger charge is -2.22. The SMILES string of the molecule is Cc1cc(C)c(ON2CCc3cnccc32)c(C)c1. The van der Waals surface area contributed by atoms with Gasteiger partial charge in [0.15, 0.2) is 5.75 Å². The Morgan fingerprint density at radius 3 is 2.63 bits per heavy atom. The molecular formula is C16H18N2O. The van der Waals surface area contributed by atoms with Crippen molar-refractivity contribution in [3.05, 3.63) is 52.8 Å². The molecule has 0 N–H and O–H groups in total. The molecule has 0 fully saturated rings. The first-order valence-corrected chi connectivity index (χ1v) is 6.61. The summed E-state index contributed by atoms with van der Waals surface area (Å²) in [6.45, 7) is 7.19. The molecule has 0 saturated heterocycles. The summed E-state index contributed by atoms with van der Waals surface area (Å²) in [6, 6.07) is 6.33. The minimum Gasteiger partial charge on any atom is -0.379 e. The van der Waals surface area contributed by atoms with Crippen LogP contribution in [0.1, 0.15) is 22.3 Å². The lowest BCUT2D eigenvalue weighted by Crippen LogP contribution is -2.25. The Balaban J connectivity index is 1.92. The van der Waals surface area contributed by atoms with Crippen LogP contribution in [-0.2, 0) is 6.42 Å². The molecule has 2 heterocycles. The summed E-state index contributed by atoms with van der Waals surface area (Å²) in [5.74, 6) is 0.968. The van der Waals surface area contributed by atoms with Gasteiger partial charge in [0.05, 0.1) is 12.2 Å². The highest BCUT2D eigenvalue weighted by Crippen LogP contribution is 2.31. The van der Waals surface area contributed by atoms with Gasteiger partial charge < -0.3 is 4.84 Å². The molecule has 3 heteroatoms. The van der Waals surface area contributed by atoms with E-state index < -0.39 is 0 Å². The maximum atomic E-state index is 6.12. The predicted octanol–water partition coefficient (Wildman–Crippen LogP) is 3.36. The van der Waals surface area contributed by atoms with Gasteiger partial charge in [0, 0.05) is 12.4 Å². The summed E-state index contributed by atoms with van der Waals surface area (Å²) in [7, 11) is 0. The summed E-state index contributed by atoms with van der Waals surface area (Å²) in [6.07, 6.45) is 4.73. The van der Waals surface area contributed by atoms with Crippen LogP contribution in [0.2, 0.25) is 0 Å². The average Bonchev–Trinajstić information content (AvgIpc) is 2.77. The van der Waals surface area contributed by atoms with Crippen molar-refractivity contribution in [2.75, 3.05) is 11.6 Å². The molecule has 0 radical (unpaired) electrons. The third kappa shape index (κ3) is 2.16. The topological polar surface area (TPSA) is 25.4 Å². The summed E-state index contributed by atoms with van der Waals surface area (Å²) >= 11 is 0. The highest BCUT2D eigenvalue weighted by Gasteiger charge is 2.21. The van der Waals surface area contributed by atoms with E-state index in [4.69, 9.17) is 4.84 Å². The first kappa shape index (κ1) is 12.0. The van der Waals surface area contributed by atoms with Gasteiger partial charge >= 0.3 is 0 Å². The Morgan fingerprint density at radius 2 is 1.89 bits per heavy atom. The van der Waals surface area contributed by atoms with E-state index in [9.17, 15) is 0 Å². The quantitative estimate of drug-likeness (QED) is 0.821. The van der Waals surface area contributed by atoms with Gasteiger partial charge in [0.25, 0.3) is 0 Å². The highest BCUT2D eigenvalue weighted by atomic mass is 16.7. The van der Waals surface area contributed by atoms with Gasteiger partial charge in [-0.25, -0.2) is 5.06 Å². The van der Waals surface area contributed by atoms with Crippen LogP contribution in [-0.4, -0.2) is 11.5 Å². The summed E-state index contributed by atoms with van der Waals surface area (Å²) in [5, 5.41) is 1.97. The molecule has 0 bridgehead atoms. The molecule has 1 aromatic heterocycles. The third-order valence-corrected chi connectivity index (χ3v) is 3.54. The zero-order valence-corrected chi connectivity index (χ0v) is 11.6. The van der Waals surface area contributed by atoms with Crippen LogP contribution >= 0.6 is 0 Å². The van der Waals surface area contributed by atoms with Crippen molar-refractivity contribution in [3.63, 3.8) is 0 Å². The van der Waals surface area contributed by atoms with E-state index >= 15 is 0 Å². The van der Waals surface area contributed by atoms with Crippen LogP contribution in [0, 0.1) is 20.8 Å². The maximum Gasteiger partial charge on any atom is 0.161 e. The van der Waals surface area contributed by atoms with Crippen LogP contribution in [0.4, 0.5) is 5.69 Å². The Kier molecular flexibility index (Phi) is 2.90. The number of benzene rings is 1. The lowest BCUT2D eigenvalue weighted by molar-refractivity contribution is 0.284. The van der Waals surface area contributed by atoms with Crippen molar-refractivity contribution in [2.45, 2.75) is 27.2 Å². The Labute approximate surface area is 113 Å². The smallest absolute Gasteiger partial charge is 0.161 e. The van der Waals surface area contributed by atoms with Gasteiger partial charge in [-0.15, -0.1) is 0 Å². The monoisotopic (exact) mass is 254 g/mol.